The lowest BCUT2D eigenvalue weighted by Gasteiger charge is -2.32. The van der Waals surface area contributed by atoms with Gasteiger partial charge >= 0.3 is 0 Å². The predicted octanol–water partition coefficient (Wildman–Crippen LogP) is 5.91. The fraction of sp³-hybridized carbons (Fsp3) is 0.524. The molecule has 0 amide bonds. The van der Waals surface area contributed by atoms with Gasteiger partial charge < -0.3 is 10.5 Å². The van der Waals surface area contributed by atoms with Crippen molar-refractivity contribution in [2.24, 2.45) is 0 Å². The van der Waals surface area contributed by atoms with E-state index in [2.05, 4.69) is 58.1 Å². The van der Waals surface area contributed by atoms with E-state index in [1.54, 1.807) is 0 Å². The van der Waals surface area contributed by atoms with E-state index in [4.69, 9.17) is 10.5 Å². The van der Waals surface area contributed by atoms with Gasteiger partial charge in [0.15, 0.2) is 0 Å². The summed E-state index contributed by atoms with van der Waals surface area (Å²) in [6.45, 7) is 8.66. The Kier molecular flexibility index (Phi) is 5.92. The Hall–Kier alpha value is -1.70. The van der Waals surface area contributed by atoms with Crippen LogP contribution in [0.2, 0.25) is 0 Å². The van der Waals surface area contributed by atoms with Crippen molar-refractivity contribution < 1.29 is 4.74 Å². The number of hydrogen-bond donors (Lipinski definition) is 1. The molecule has 1 aromatic rings. The first kappa shape index (κ1) is 17.7. The second kappa shape index (κ2) is 7.72. The Morgan fingerprint density at radius 3 is 2.74 bits per heavy atom. The molecule has 23 heavy (non-hydrogen) atoms. The van der Waals surface area contributed by atoms with Crippen molar-refractivity contribution >= 4 is 11.8 Å². The lowest BCUT2D eigenvalue weighted by atomic mass is 9.93. The van der Waals surface area contributed by atoms with E-state index in [9.17, 15) is 0 Å². The highest BCUT2D eigenvalue weighted by atomic mass is 16.5. The third kappa shape index (κ3) is 4.89. The van der Waals surface area contributed by atoms with Crippen LogP contribution in [0.3, 0.4) is 0 Å². The minimum atomic E-state index is -0.243. The summed E-state index contributed by atoms with van der Waals surface area (Å²) in [5.41, 5.74) is 10.5. The number of hydrogen-bond acceptors (Lipinski definition) is 2. The molecule has 1 aliphatic rings. The molecule has 1 unspecified atom stereocenters. The summed E-state index contributed by atoms with van der Waals surface area (Å²) in [6.07, 6.45) is 13.4. The molecule has 0 radical (unpaired) electrons. The monoisotopic (exact) mass is 313 g/mol. The zero-order valence-corrected chi connectivity index (χ0v) is 15.1. The number of unbranched alkanes of at least 4 members (excludes halogenated alkanes) is 2. The lowest BCUT2D eigenvalue weighted by Crippen LogP contribution is -2.32. The van der Waals surface area contributed by atoms with Gasteiger partial charge in [-0.3, -0.25) is 0 Å². The Morgan fingerprint density at radius 2 is 2.04 bits per heavy atom. The summed E-state index contributed by atoms with van der Waals surface area (Å²) in [7, 11) is 0. The zero-order chi connectivity index (χ0) is 16.9. The van der Waals surface area contributed by atoms with Crippen molar-refractivity contribution in [3.63, 3.8) is 0 Å². The van der Waals surface area contributed by atoms with E-state index in [1.165, 1.54) is 30.4 Å². The van der Waals surface area contributed by atoms with Crippen LogP contribution >= 0.6 is 0 Å². The Bertz CT molecular complexity index is 596. The molecule has 126 valence electrons. The highest BCUT2D eigenvalue weighted by Crippen LogP contribution is 2.37. The number of nitrogens with two attached hydrogens (primary N) is 1. The van der Waals surface area contributed by atoms with Gasteiger partial charge in [0, 0.05) is 11.3 Å². The van der Waals surface area contributed by atoms with Gasteiger partial charge in [-0.15, -0.1) is 0 Å². The average molecular weight is 313 g/mol. The third-order valence-electron chi connectivity index (χ3n) is 4.44. The molecule has 0 saturated heterocycles. The molecule has 0 saturated carbocycles. The smallest absolute Gasteiger partial charge is 0.130 e. The van der Waals surface area contributed by atoms with Crippen molar-refractivity contribution in [1.29, 1.82) is 0 Å². The first-order valence-electron chi connectivity index (χ1n) is 8.87. The average Bonchev–Trinajstić information content (AvgIpc) is 2.46. The first-order chi connectivity index (χ1) is 10.9. The van der Waals surface area contributed by atoms with Crippen LogP contribution in [0.5, 0.6) is 5.75 Å². The van der Waals surface area contributed by atoms with Gasteiger partial charge in [-0.1, -0.05) is 31.4 Å². The van der Waals surface area contributed by atoms with Crippen LogP contribution in [0.4, 0.5) is 5.69 Å². The maximum Gasteiger partial charge on any atom is 0.130 e. The van der Waals surface area contributed by atoms with Crippen molar-refractivity contribution in [1.82, 2.24) is 0 Å². The second-order valence-electron chi connectivity index (χ2n) is 7.12. The molecule has 2 nitrogen and oxygen atoms in total. The molecular formula is C21H31NO. The van der Waals surface area contributed by atoms with Crippen molar-refractivity contribution in [3.8, 4) is 5.75 Å². The molecule has 2 N–H and O–H groups in total. The van der Waals surface area contributed by atoms with Gasteiger partial charge in [0.1, 0.15) is 11.4 Å². The highest BCUT2D eigenvalue weighted by molar-refractivity contribution is 5.73. The van der Waals surface area contributed by atoms with Gasteiger partial charge in [0.2, 0.25) is 0 Å². The van der Waals surface area contributed by atoms with E-state index >= 15 is 0 Å². The van der Waals surface area contributed by atoms with Crippen molar-refractivity contribution in [2.45, 2.75) is 71.8 Å². The van der Waals surface area contributed by atoms with Crippen LogP contribution in [0.15, 0.2) is 29.9 Å². The van der Waals surface area contributed by atoms with Gasteiger partial charge in [-0.25, -0.2) is 0 Å². The predicted molar refractivity (Wildman–Crippen MR) is 101 cm³/mol. The van der Waals surface area contributed by atoms with Crippen LogP contribution in [-0.2, 0) is 6.42 Å². The number of allylic oxidation sites excluding steroid dienone is 2. The summed E-state index contributed by atoms with van der Waals surface area (Å²) in [4.78, 5) is 0. The van der Waals surface area contributed by atoms with Crippen molar-refractivity contribution in [2.75, 3.05) is 5.73 Å². The van der Waals surface area contributed by atoms with Crippen LogP contribution in [0, 0.1) is 0 Å². The summed E-state index contributed by atoms with van der Waals surface area (Å²) < 4.78 is 6.33. The third-order valence-corrected chi connectivity index (χ3v) is 4.44. The second-order valence-corrected chi connectivity index (χ2v) is 7.12. The van der Waals surface area contributed by atoms with Crippen LogP contribution < -0.4 is 10.5 Å². The molecule has 0 spiro atoms. The number of aryl methyl sites for hydroxylation is 1. The number of ether oxygens (including phenoxy) is 1. The normalized spacial score (nSPS) is 19.1. The summed E-state index contributed by atoms with van der Waals surface area (Å²) >= 11 is 0. The van der Waals surface area contributed by atoms with E-state index in [-0.39, 0.29) is 5.60 Å². The van der Waals surface area contributed by atoms with Crippen molar-refractivity contribution in [3.05, 3.63) is 41.0 Å². The van der Waals surface area contributed by atoms with E-state index < -0.39 is 0 Å². The molecule has 0 aliphatic carbocycles. The molecule has 1 heterocycles. The van der Waals surface area contributed by atoms with Gasteiger partial charge in [0.25, 0.3) is 0 Å². The topological polar surface area (TPSA) is 35.2 Å². The maximum atomic E-state index is 6.33. The summed E-state index contributed by atoms with van der Waals surface area (Å²) in [5.74, 6) is 0.943. The minimum absolute atomic E-state index is 0.243. The van der Waals surface area contributed by atoms with Gasteiger partial charge in [-0.05, 0) is 76.3 Å². The lowest BCUT2D eigenvalue weighted by molar-refractivity contribution is 0.129. The Labute approximate surface area is 141 Å². The molecule has 2 rings (SSSR count). The SMILES string of the molecule is CCCCCc1cc(N)c2c(c1)OC(C)(CCC=C(C)C)C=C2. The molecule has 1 atom stereocenters. The van der Waals surface area contributed by atoms with Gasteiger partial charge in [0.05, 0.1) is 0 Å². The Balaban J connectivity index is 2.13. The highest BCUT2D eigenvalue weighted by Gasteiger charge is 2.27. The largest absolute Gasteiger partial charge is 0.483 e. The molecule has 2 heteroatoms. The first-order valence-corrected chi connectivity index (χ1v) is 8.87. The van der Waals surface area contributed by atoms with Crippen LogP contribution in [-0.4, -0.2) is 5.60 Å². The Morgan fingerprint density at radius 1 is 1.26 bits per heavy atom. The molecule has 1 aromatic carbocycles. The number of fused-ring (bicyclic) bond motifs is 1. The fourth-order valence-electron chi connectivity index (χ4n) is 3.02. The summed E-state index contributed by atoms with van der Waals surface area (Å²) in [5, 5.41) is 0. The molecule has 0 aromatic heterocycles. The van der Waals surface area contributed by atoms with Crippen LogP contribution in [0.25, 0.3) is 6.08 Å². The molecular weight excluding hydrogens is 282 g/mol. The number of benzene rings is 1. The van der Waals surface area contributed by atoms with E-state index in [0.29, 0.717) is 0 Å². The number of anilines is 1. The molecule has 1 aliphatic heterocycles. The molecule has 0 fully saturated rings. The standard InChI is InChI=1S/C21H31NO/c1-5-6-7-10-17-14-19(22)18-11-13-21(4,23-20(18)15-17)12-8-9-16(2)3/h9,11,13-15H,5-8,10,12,22H2,1-4H3. The molecule has 0 bridgehead atoms. The number of nitrogen functional groups attached to an aromatic ring is 1. The zero-order valence-electron chi connectivity index (χ0n) is 15.1. The maximum absolute atomic E-state index is 6.33. The quantitative estimate of drug-likeness (QED) is 0.385. The van der Waals surface area contributed by atoms with E-state index in [1.807, 2.05) is 0 Å². The number of rotatable bonds is 7. The summed E-state index contributed by atoms with van der Waals surface area (Å²) in [6, 6.07) is 4.29. The van der Waals surface area contributed by atoms with E-state index in [0.717, 1.165) is 36.3 Å². The van der Waals surface area contributed by atoms with Gasteiger partial charge in [-0.2, -0.15) is 0 Å². The fourth-order valence-corrected chi connectivity index (χ4v) is 3.02. The van der Waals surface area contributed by atoms with Crippen LogP contribution in [0.1, 0.15) is 70.9 Å². The minimum Gasteiger partial charge on any atom is -0.483 e.